The highest BCUT2D eigenvalue weighted by Crippen LogP contribution is 2.34. The molecule has 0 radical (unpaired) electrons. The summed E-state index contributed by atoms with van der Waals surface area (Å²) in [6, 6.07) is 0. The second-order valence-corrected chi connectivity index (χ2v) is 3.90. The average Bonchev–Trinajstić information content (AvgIpc) is 2.04. The third kappa shape index (κ3) is 3.03. The zero-order chi connectivity index (χ0) is 10.9. The maximum Gasteiger partial charge on any atom is 0.573 e. The third-order valence-electron chi connectivity index (χ3n) is 1.11. The highest BCUT2D eigenvalue weighted by molar-refractivity contribution is 14.1. The molecule has 0 saturated heterocycles. The molecule has 0 bridgehead atoms. The molecule has 0 aromatic carbocycles. The molecule has 0 unspecified atom stereocenters. The predicted octanol–water partition coefficient (Wildman–Crippen LogP) is 3.89. The lowest BCUT2D eigenvalue weighted by Gasteiger charge is -2.10. The number of aromatic nitrogens is 1. The van der Waals surface area contributed by atoms with E-state index in [4.69, 9.17) is 23.2 Å². The molecule has 0 spiro atoms. The second-order valence-electron chi connectivity index (χ2n) is 2.09. The maximum absolute atomic E-state index is 11.8. The van der Waals surface area contributed by atoms with Crippen molar-refractivity contribution in [2.75, 3.05) is 0 Å². The van der Waals surface area contributed by atoms with Gasteiger partial charge in [0.15, 0.2) is 5.75 Å². The van der Waals surface area contributed by atoms with Crippen molar-refractivity contribution in [3.8, 4) is 5.75 Å². The molecule has 0 atom stereocenters. The summed E-state index contributed by atoms with van der Waals surface area (Å²) in [5.74, 6) is -0.465. The Morgan fingerprint density at radius 1 is 1.36 bits per heavy atom. The summed E-state index contributed by atoms with van der Waals surface area (Å²) in [5.41, 5.74) is 0. The Balaban J connectivity index is 3.06. The van der Waals surface area contributed by atoms with E-state index in [9.17, 15) is 13.2 Å². The Labute approximate surface area is 100 Å². The summed E-state index contributed by atoms with van der Waals surface area (Å²) in [6.45, 7) is 0. The van der Waals surface area contributed by atoms with E-state index in [1.54, 1.807) is 22.6 Å². The molecule has 0 aliphatic heterocycles. The van der Waals surface area contributed by atoms with E-state index < -0.39 is 12.1 Å². The van der Waals surface area contributed by atoms with E-state index in [1.807, 2.05) is 0 Å². The second kappa shape index (κ2) is 4.28. The molecule has 78 valence electrons. The van der Waals surface area contributed by atoms with E-state index >= 15 is 0 Å². The fraction of sp³-hybridized carbons (Fsp3) is 0.167. The molecule has 0 N–H and O–H groups in total. The molecule has 0 aliphatic rings. The quantitative estimate of drug-likeness (QED) is 0.562. The molecule has 0 fully saturated rings. The number of alkyl halides is 3. The maximum atomic E-state index is 11.8. The van der Waals surface area contributed by atoms with Gasteiger partial charge in [0.1, 0.15) is 5.15 Å². The number of rotatable bonds is 1. The van der Waals surface area contributed by atoms with Crippen LogP contribution in [0.2, 0.25) is 10.2 Å². The number of nitrogens with zero attached hydrogens (tertiary/aromatic N) is 1. The van der Waals surface area contributed by atoms with Crippen LogP contribution in [0.1, 0.15) is 0 Å². The van der Waals surface area contributed by atoms with Gasteiger partial charge in [-0.05, 0) is 22.6 Å². The summed E-state index contributed by atoms with van der Waals surface area (Å²) < 4.78 is 39.2. The third-order valence-corrected chi connectivity index (χ3v) is 3.25. The van der Waals surface area contributed by atoms with Gasteiger partial charge in [0.05, 0.1) is 14.8 Å². The van der Waals surface area contributed by atoms with Crippen LogP contribution in [-0.2, 0) is 0 Å². The van der Waals surface area contributed by atoms with Crippen LogP contribution in [0.4, 0.5) is 13.2 Å². The summed E-state index contributed by atoms with van der Waals surface area (Å²) >= 11 is 12.6. The minimum Gasteiger partial charge on any atom is -0.403 e. The monoisotopic (exact) mass is 357 g/mol. The first-order valence-electron chi connectivity index (χ1n) is 3.06. The Morgan fingerprint density at radius 2 is 1.93 bits per heavy atom. The minimum absolute atomic E-state index is 0.0611. The summed E-state index contributed by atoms with van der Waals surface area (Å²) in [5, 5.41) is -0.125. The highest BCUT2D eigenvalue weighted by Gasteiger charge is 2.32. The molecule has 1 aromatic heterocycles. The normalized spacial score (nSPS) is 11.6. The average molecular weight is 358 g/mol. The Hall–Kier alpha value is 0.0500. The lowest BCUT2D eigenvalue weighted by Crippen LogP contribution is -2.18. The molecule has 0 saturated carbocycles. The first-order chi connectivity index (χ1) is 6.31. The fourth-order valence-electron chi connectivity index (χ4n) is 0.623. The van der Waals surface area contributed by atoms with Crippen LogP contribution in [0.5, 0.6) is 5.75 Å². The predicted molar refractivity (Wildman–Crippen MR) is 53.7 cm³/mol. The molecular formula is C6HCl2F3INO. The van der Waals surface area contributed by atoms with Crippen LogP contribution in [0.25, 0.3) is 0 Å². The molecule has 14 heavy (non-hydrogen) atoms. The smallest absolute Gasteiger partial charge is 0.403 e. The van der Waals surface area contributed by atoms with Gasteiger partial charge in [0, 0.05) is 0 Å². The Morgan fingerprint density at radius 3 is 2.43 bits per heavy atom. The van der Waals surface area contributed by atoms with Gasteiger partial charge in [-0.2, -0.15) is 0 Å². The number of halogens is 6. The fourth-order valence-corrected chi connectivity index (χ4v) is 1.57. The van der Waals surface area contributed by atoms with Crippen LogP contribution in [0.15, 0.2) is 6.20 Å². The van der Waals surface area contributed by atoms with Gasteiger partial charge in [-0.15, -0.1) is 13.2 Å². The van der Waals surface area contributed by atoms with Crippen molar-refractivity contribution in [3.63, 3.8) is 0 Å². The van der Waals surface area contributed by atoms with Crippen molar-refractivity contribution in [1.29, 1.82) is 0 Å². The molecule has 0 aliphatic carbocycles. The molecule has 1 aromatic rings. The van der Waals surface area contributed by atoms with Crippen molar-refractivity contribution < 1.29 is 17.9 Å². The largest absolute Gasteiger partial charge is 0.573 e. The van der Waals surface area contributed by atoms with Gasteiger partial charge < -0.3 is 4.74 Å². The number of ether oxygens (including phenoxy) is 1. The zero-order valence-corrected chi connectivity index (χ0v) is 9.87. The van der Waals surface area contributed by atoms with Crippen molar-refractivity contribution in [2.45, 2.75) is 6.36 Å². The van der Waals surface area contributed by atoms with Crippen molar-refractivity contribution in [1.82, 2.24) is 4.98 Å². The summed E-state index contributed by atoms with van der Waals surface area (Å²) in [6.07, 6.45) is -3.90. The van der Waals surface area contributed by atoms with Crippen molar-refractivity contribution in [2.24, 2.45) is 0 Å². The molecular weight excluding hydrogens is 357 g/mol. The summed E-state index contributed by atoms with van der Waals surface area (Å²) in [4.78, 5) is 3.43. The van der Waals surface area contributed by atoms with Gasteiger partial charge in [-0.25, -0.2) is 4.98 Å². The van der Waals surface area contributed by atoms with Crippen LogP contribution in [-0.4, -0.2) is 11.3 Å². The first kappa shape index (κ1) is 12.1. The zero-order valence-electron chi connectivity index (χ0n) is 6.20. The lowest BCUT2D eigenvalue weighted by atomic mass is 10.5. The van der Waals surface area contributed by atoms with E-state index in [1.165, 1.54) is 0 Å². The molecule has 1 rings (SSSR count). The van der Waals surface area contributed by atoms with Crippen molar-refractivity contribution >= 4 is 45.8 Å². The number of hydrogen-bond donors (Lipinski definition) is 0. The van der Waals surface area contributed by atoms with E-state index in [2.05, 4.69) is 9.72 Å². The molecule has 1 heterocycles. The van der Waals surface area contributed by atoms with Gasteiger partial charge in [-0.3, -0.25) is 0 Å². The SMILES string of the molecule is FC(F)(F)Oc1cnc(Cl)c(Cl)c1I. The number of hydrogen-bond acceptors (Lipinski definition) is 2. The topological polar surface area (TPSA) is 22.1 Å². The molecule has 2 nitrogen and oxygen atoms in total. The van der Waals surface area contributed by atoms with Crippen molar-refractivity contribution in [3.05, 3.63) is 19.9 Å². The van der Waals surface area contributed by atoms with E-state index in [0.29, 0.717) is 0 Å². The van der Waals surface area contributed by atoms with Gasteiger partial charge in [-0.1, -0.05) is 23.2 Å². The molecule has 8 heteroatoms. The Bertz CT molecular complexity index is 358. The van der Waals surface area contributed by atoms with E-state index in [0.717, 1.165) is 6.20 Å². The van der Waals surface area contributed by atoms with Gasteiger partial charge >= 0.3 is 6.36 Å². The lowest BCUT2D eigenvalue weighted by molar-refractivity contribution is -0.275. The number of pyridine rings is 1. The van der Waals surface area contributed by atoms with Gasteiger partial charge in [0.25, 0.3) is 0 Å². The summed E-state index contributed by atoms with van der Waals surface area (Å²) in [7, 11) is 0. The van der Waals surface area contributed by atoms with Gasteiger partial charge in [0.2, 0.25) is 0 Å². The van der Waals surface area contributed by atoms with Crippen LogP contribution >= 0.6 is 45.8 Å². The molecule has 0 amide bonds. The van der Waals surface area contributed by atoms with E-state index in [-0.39, 0.29) is 13.7 Å². The van der Waals surface area contributed by atoms with Crippen LogP contribution in [0.3, 0.4) is 0 Å². The van der Waals surface area contributed by atoms with Crippen LogP contribution < -0.4 is 4.74 Å². The first-order valence-corrected chi connectivity index (χ1v) is 4.90. The Kier molecular flexibility index (Phi) is 3.70. The highest BCUT2D eigenvalue weighted by atomic mass is 127. The standard InChI is InChI=1S/C6HCl2F3INO/c7-3-4(12)2(1-13-5(3)8)14-6(9,10)11/h1H. The van der Waals surface area contributed by atoms with Crippen LogP contribution in [0, 0.1) is 3.57 Å². The minimum atomic E-state index is -4.77.